The fourth-order valence-electron chi connectivity index (χ4n) is 1.51. The lowest BCUT2D eigenvalue weighted by Crippen LogP contribution is -1.91. The Bertz CT molecular complexity index is 548. The third-order valence-corrected chi connectivity index (χ3v) is 2.30. The van der Waals surface area contributed by atoms with Crippen LogP contribution in [-0.2, 0) is 0 Å². The van der Waals surface area contributed by atoms with Crippen molar-refractivity contribution in [3.05, 3.63) is 39.9 Å². The van der Waals surface area contributed by atoms with Crippen molar-refractivity contribution in [1.82, 2.24) is 10.2 Å². The molecule has 82 valence electrons. The van der Waals surface area contributed by atoms with E-state index in [4.69, 9.17) is 5.73 Å². The van der Waals surface area contributed by atoms with Gasteiger partial charge in [0.2, 0.25) is 0 Å². The number of nitro groups is 1. The molecule has 0 saturated carbocycles. The van der Waals surface area contributed by atoms with E-state index in [1.807, 2.05) is 0 Å². The van der Waals surface area contributed by atoms with Gasteiger partial charge >= 0.3 is 0 Å². The number of aryl methyl sites for hydroxylation is 1. The van der Waals surface area contributed by atoms with Crippen LogP contribution in [-0.4, -0.2) is 15.1 Å². The van der Waals surface area contributed by atoms with Crippen molar-refractivity contribution in [2.45, 2.75) is 6.92 Å². The molecule has 0 aliphatic carbocycles. The summed E-state index contributed by atoms with van der Waals surface area (Å²) in [5.74, 6) is 0.394. The summed E-state index contributed by atoms with van der Waals surface area (Å²) in [6, 6.07) is 6.55. The van der Waals surface area contributed by atoms with E-state index in [1.165, 1.54) is 6.07 Å². The SMILES string of the molecule is Cc1cc(-c2cc(N)n[nH]2)ccc1[N+](=O)[O-]. The molecule has 0 radical (unpaired) electrons. The number of hydrogen-bond acceptors (Lipinski definition) is 4. The Hall–Kier alpha value is -2.37. The van der Waals surface area contributed by atoms with Gasteiger partial charge in [-0.3, -0.25) is 15.2 Å². The van der Waals surface area contributed by atoms with Gasteiger partial charge < -0.3 is 5.73 Å². The second-order valence-corrected chi connectivity index (χ2v) is 3.46. The van der Waals surface area contributed by atoms with Crippen molar-refractivity contribution < 1.29 is 4.92 Å². The molecule has 0 spiro atoms. The lowest BCUT2D eigenvalue weighted by Gasteiger charge is -2.00. The average Bonchev–Trinajstić information content (AvgIpc) is 2.64. The first-order valence-corrected chi connectivity index (χ1v) is 4.64. The Morgan fingerprint density at radius 1 is 1.44 bits per heavy atom. The monoisotopic (exact) mass is 218 g/mol. The average molecular weight is 218 g/mol. The number of nitrogens with zero attached hydrogens (tertiary/aromatic N) is 2. The molecule has 0 aliphatic rings. The van der Waals surface area contributed by atoms with Gasteiger partial charge in [-0.05, 0) is 19.1 Å². The van der Waals surface area contributed by atoms with Crippen molar-refractivity contribution in [1.29, 1.82) is 0 Å². The van der Waals surface area contributed by atoms with Gasteiger partial charge in [-0.15, -0.1) is 0 Å². The third-order valence-electron chi connectivity index (χ3n) is 2.30. The lowest BCUT2D eigenvalue weighted by molar-refractivity contribution is -0.385. The zero-order valence-corrected chi connectivity index (χ0v) is 8.60. The lowest BCUT2D eigenvalue weighted by atomic mass is 10.1. The second kappa shape index (κ2) is 3.65. The van der Waals surface area contributed by atoms with E-state index in [9.17, 15) is 10.1 Å². The molecule has 0 saturated heterocycles. The second-order valence-electron chi connectivity index (χ2n) is 3.46. The van der Waals surface area contributed by atoms with Crippen LogP contribution in [0.2, 0.25) is 0 Å². The van der Waals surface area contributed by atoms with E-state index in [2.05, 4.69) is 10.2 Å². The number of anilines is 1. The fraction of sp³-hybridized carbons (Fsp3) is 0.100. The predicted molar refractivity (Wildman–Crippen MR) is 59.8 cm³/mol. The number of nitro benzene ring substituents is 1. The third kappa shape index (κ3) is 1.72. The highest BCUT2D eigenvalue weighted by Crippen LogP contribution is 2.25. The zero-order valence-electron chi connectivity index (χ0n) is 8.60. The number of benzene rings is 1. The smallest absolute Gasteiger partial charge is 0.272 e. The summed E-state index contributed by atoms with van der Waals surface area (Å²) in [7, 11) is 0. The van der Waals surface area contributed by atoms with Gasteiger partial charge in [0.1, 0.15) is 5.82 Å². The quantitative estimate of drug-likeness (QED) is 0.593. The Kier molecular flexibility index (Phi) is 2.32. The minimum atomic E-state index is -0.402. The highest BCUT2D eigenvalue weighted by molar-refractivity contribution is 5.65. The highest BCUT2D eigenvalue weighted by atomic mass is 16.6. The molecular formula is C10H10N4O2. The van der Waals surface area contributed by atoms with Crippen LogP contribution in [0, 0.1) is 17.0 Å². The summed E-state index contributed by atoms with van der Waals surface area (Å²) in [6.07, 6.45) is 0. The molecule has 6 heteroatoms. The topological polar surface area (TPSA) is 97.8 Å². The van der Waals surface area contributed by atoms with Gasteiger partial charge in [0.25, 0.3) is 5.69 Å². The molecule has 0 aliphatic heterocycles. The first-order chi connectivity index (χ1) is 7.58. The molecule has 0 atom stereocenters. The predicted octanol–water partition coefficient (Wildman–Crippen LogP) is 1.88. The Morgan fingerprint density at radius 3 is 2.69 bits per heavy atom. The van der Waals surface area contributed by atoms with E-state index in [-0.39, 0.29) is 5.69 Å². The zero-order chi connectivity index (χ0) is 11.7. The van der Waals surface area contributed by atoms with E-state index < -0.39 is 4.92 Å². The number of aromatic amines is 1. The van der Waals surface area contributed by atoms with Gasteiger partial charge in [0, 0.05) is 23.3 Å². The van der Waals surface area contributed by atoms with Crippen molar-refractivity contribution in [2.75, 3.05) is 5.73 Å². The molecule has 0 unspecified atom stereocenters. The molecule has 6 nitrogen and oxygen atoms in total. The maximum absolute atomic E-state index is 10.6. The van der Waals surface area contributed by atoms with Crippen molar-refractivity contribution in [3.63, 3.8) is 0 Å². The van der Waals surface area contributed by atoms with Gasteiger partial charge in [-0.2, -0.15) is 5.10 Å². The van der Waals surface area contributed by atoms with E-state index in [0.29, 0.717) is 11.4 Å². The van der Waals surface area contributed by atoms with Crippen LogP contribution in [0.1, 0.15) is 5.56 Å². The molecule has 2 rings (SSSR count). The van der Waals surface area contributed by atoms with Gasteiger partial charge in [0.05, 0.1) is 10.6 Å². The van der Waals surface area contributed by atoms with E-state index in [1.54, 1.807) is 25.1 Å². The van der Waals surface area contributed by atoms with Gasteiger partial charge in [-0.25, -0.2) is 0 Å². The summed E-state index contributed by atoms with van der Waals surface area (Å²) in [5.41, 5.74) is 7.77. The normalized spacial score (nSPS) is 10.3. The maximum atomic E-state index is 10.6. The number of aromatic nitrogens is 2. The van der Waals surface area contributed by atoms with Crippen molar-refractivity contribution in [2.24, 2.45) is 0 Å². The first kappa shape index (κ1) is 10.2. The van der Waals surface area contributed by atoms with Crippen LogP contribution in [0.3, 0.4) is 0 Å². The number of nitrogen functional groups attached to an aromatic ring is 1. The molecule has 1 aromatic heterocycles. The number of hydrogen-bond donors (Lipinski definition) is 2. The molecule has 16 heavy (non-hydrogen) atoms. The summed E-state index contributed by atoms with van der Waals surface area (Å²) in [4.78, 5) is 10.2. The Balaban J connectivity index is 2.45. The molecular weight excluding hydrogens is 208 g/mol. The Morgan fingerprint density at radius 2 is 2.19 bits per heavy atom. The summed E-state index contributed by atoms with van der Waals surface area (Å²) < 4.78 is 0. The number of rotatable bonds is 2. The molecule has 0 amide bonds. The minimum Gasteiger partial charge on any atom is -0.382 e. The van der Waals surface area contributed by atoms with E-state index in [0.717, 1.165) is 11.3 Å². The summed E-state index contributed by atoms with van der Waals surface area (Å²) in [5, 5.41) is 17.2. The molecule has 1 aromatic carbocycles. The van der Waals surface area contributed by atoms with Crippen LogP contribution >= 0.6 is 0 Å². The molecule has 3 N–H and O–H groups in total. The highest BCUT2D eigenvalue weighted by Gasteiger charge is 2.11. The van der Waals surface area contributed by atoms with Gasteiger partial charge in [-0.1, -0.05) is 0 Å². The van der Waals surface area contributed by atoms with Crippen molar-refractivity contribution >= 4 is 11.5 Å². The van der Waals surface area contributed by atoms with E-state index >= 15 is 0 Å². The molecule has 0 bridgehead atoms. The largest absolute Gasteiger partial charge is 0.382 e. The summed E-state index contributed by atoms with van der Waals surface area (Å²) in [6.45, 7) is 1.70. The number of nitrogens with two attached hydrogens (primary N) is 1. The minimum absolute atomic E-state index is 0.108. The summed E-state index contributed by atoms with van der Waals surface area (Å²) >= 11 is 0. The standard InChI is InChI=1S/C10H10N4O2/c1-6-4-7(2-3-9(6)14(15)16)8-5-10(11)13-12-8/h2-5H,1H3,(H3,11,12,13). The van der Waals surface area contributed by atoms with Gasteiger partial charge in [0.15, 0.2) is 0 Å². The molecule has 0 fully saturated rings. The van der Waals surface area contributed by atoms with Crippen LogP contribution in [0.25, 0.3) is 11.3 Å². The molecule has 2 aromatic rings. The van der Waals surface area contributed by atoms with Crippen LogP contribution < -0.4 is 5.73 Å². The Labute approximate surface area is 91.2 Å². The maximum Gasteiger partial charge on any atom is 0.272 e. The van der Waals surface area contributed by atoms with Crippen LogP contribution in [0.15, 0.2) is 24.3 Å². The number of H-pyrrole nitrogens is 1. The van der Waals surface area contributed by atoms with Crippen molar-refractivity contribution in [3.8, 4) is 11.3 Å². The first-order valence-electron chi connectivity index (χ1n) is 4.64. The fourth-order valence-corrected chi connectivity index (χ4v) is 1.51. The number of nitrogens with one attached hydrogen (secondary N) is 1. The van der Waals surface area contributed by atoms with Crippen LogP contribution in [0.4, 0.5) is 11.5 Å². The molecule has 1 heterocycles. The van der Waals surface area contributed by atoms with Crippen LogP contribution in [0.5, 0.6) is 0 Å².